The summed E-state index contributed by atoms with van der Waals surface area (Å²) >= 11 is 0. The molecule has 1 aromatic heterocycles. The molecule has 0 saturated carbocycles. The molecule has 0 aliphatic carbocycles. The van der Waals surface area contributed by atoms with Crippen LogP contribution in [-0.4, -0.2) is 63.4 Å². The van der Waals surface area contributed by atoms with Crippen molar-refractivity contribution < 1.29 is 43.2 Å². The first kappa shape index (κ1) is 38.1. The van der Waals surface area contributed by atoms with Gasteiger partial charge in [-0.3, -0.25) is 9.36 Å². The van der Waals surface area contributed by atoms with E-state index in [1.54, 1.807) is 121 Å². The highest BCUT2D eigenvalue weighted by Gasteiger charge is 2.52. The van der Waals surface area contributed by atoms with E-state index in [-0.39, 0.29) is 34.7 Å². The second-order valence-corrected chi connectivity index (χ2v) is 12.9. The van der Waals surface area contributed by atoms with Crippen LogP contribution in [0.3, 0.4) is 0 Å². The average Bonchev–Trinajstić information content (AvgIpc) is 3.59. The van der Waals surface area contributed by atoms with Crippen molar-refractivity contribution in [3.8, 4) is 11.1 Å². The molecule has 57 heavy (non-hydrogen) atoms. The van der Waals surface area contributed by atoms with Gasteiger partial charge < -0.3 is 29.4 Å². The Hall–Kier alpha value is -7.22. The Balaban J connectivity index is 1.32. The lowest BCUT2D eigenvalue weighted by Gasteiger charge is -2.25. The SMILES string of the molecule is O=C(Nc1nc(=O)n([C@@H]2O[C@H](COC(=O)c3ccccc3)[C@@H](OC(=O)c3ccccc3)[C@H]2OC(=O)c2ccccc2)cc1-c1ccc(CO)cc1)c1ccccc1. The van der Waals surface area contributed by atoms with Gasteiger partial charge in [0.05, 0.1) is 23.3 Å². The normalized spacial score (nSPS) is 17.3. The second-order valence-electron chi connectivity index (χ2n) is 12.9. The van der Waals surface area contributed by atoms with Crippen molar-refractivity contribution in [2.45, 2.75) is 31.1 Å². The van der Waals surface area contributed by atoms with Gasteiger partial charge in [-0.1, -0.05) is 97.1 Å². The molecule has 5 aromatic carbocycles. The molecule has 1 saturated heterocycles. The summed E-state index contributed by atoms with van der Waals surface area (Å²) in [5, 5.41) is 12.4. The number of ether oxygens (including phenoxy) is 4. The molecule has 13 heteroatoms. The minimum absolute atomic E-state index is 0.0851. The lowest BCUT2D eigenvalue weighted by atomic mass is 10.1. The number of nitrogens with one attached hydrogen (secondary N) is 1. The van der Waals surface area contributed by atoms with Gasteiger partial charge in [0.1, 0.15) is 18.5 Å². The molecule has 0 unspecified atom stereocenters. The van der Waals surface area contributed by atoms with Crippen LogP contribution in [0.2, 0.25) is 0 Å². The molecule has 1 amide bonds. The molecule has 13 nitrogen and oxygen atoms in total. The number of carbonyl (C=O) groups is 4. The van der Waals surface area contributed by atoms with Gasteiger partial charge in [-0.05, 0) is 59.7 Å². The average molecular weight is 766 g/mol. The molecule has 2 N–H and O–H groups in total. The molecule has 286 valence electrons. The van der Waals surface area contributed by atoms with Gasteiger partial charge in [0.2, 0.25) is 0 Å². The maximum Gasteiger partial charge on any atom is 0.351 e. The number of hydrogen-bond acceptors (Lipinski definition) is 11. The zero-order valence-corrected chi connectivity index (χ0v) is 30.2. The highest BCUT2D eigenvalue weighted by Crippen LogP contribution is 2.36. The maximum absolute atomic E-state index is 14.1. The van der Waals surface area contributed by atoms with E-state index in [1.165, 1.54) is 30.5 Å². The largest absolute Gasteiger partial charge is 0.459 e. The fraction of sp³-hybridized carbons (Fsp3) is 0.136. The standard InChI is InChI=1S/C44H35N3O10/c48-26-28-21-23-29(24-22-28)34-25-47(44(53)46-38(34)45-39(49)30-13-5-1-6-14-30)40-37(57-43(52)33-19-11-4-12-20-33)36(56-42(51)32-17-9-3-10-18-32)35(55-40)27-54-41(50)31-15-7-2-8-16-31/h1-25,35-37,40,48H,26-27H2,(H,45,46,49,53)/t35-,36-,37-,40-/m1/s1. The third-order valence-electron chi connectivity index (χ3n) is 9.12. The Morgan fingerprint density at radius 3 is 1.67 bits per heavy atom. The quantitative estimate of drug-likeness (QED) is 0.113. The van der Waals surface area contributed by atoms with Gasteiger partial charge in [-0.15, -0.1) is 0 Å². The summed E-state index contributed by atoms with van der Waals surface area (Å²) in [5.41, 5.74) is 1.35. The van der Waals surface area contributed by atoms with E-state index in [0.717, 1.165) is 4.57 Å². The molecular formula is C44H35N3O10. The lowest BCUT2D eigenvalue weighted by molar-refractivity contribution is -0.0638. The predicted octanol–water partition coefficient (Wildman–Crippen LogP) is 5.86. The number of aromatic nitrogens is 2. The van der Waals surface area contributed by atoms with Crippen molar-refractivity contribution in [2.24, 2.45) is 0 Å². The van der Waals surface area contributed by atoms with E-state index < -0.39 is 60.7 Å². The minimum atomic E-state index is -1.50. The number of carbonyl (C=O) groups excluding carboxylic acids is 4. The Bertz CT molecular complexity index is 2410. The number of anilines is 1. The Labute approximate surface area is 326 Å². The van der Waals surface area contributed by atoms with Crippen LogP contribution in [0.15, 0.2) is 157 Å². The monoisotopic (exact) mass is 765 g/mol. The molecular weight excluding hydrogens is 730 g/mol. The molecule has 7 rings (SSSR count). The molecule has 1 aliphatic heterocycles. The molecule has 1 fully saturated rings. The Kier molecular flexibility index (Phi) is 11.7. The number of esters is 3. The first-order chi connectivity index (χ1) is 27.8. The summed E-state index contributed by atoms with van der Waals surface area (Å²) in [6, 6.07) is 39.4. The first-order valence-electron chi connectivity index (χ1n) is 17.9. The summed E-state index contributed by atoms with van der Waals surface area (Å²) < 4.78 is 25.2. The molecule has 0 spiro atoms. The molecule has 6 aromatic rings. The Morgan fingerprint density at radius 1 is 0.649 bits per heavy atom. The summed E-state index contributed by atoms with van der Waals surface area (Å²) in [4.78, 5) is 72.1. The molecule has 2 heterocycles. The predicted molar refractivity (Wildman–Crippen MR) is 206 cm³/mol. The fourth-order valence-electron chi connectivity index (χ4n) is 6.20. The van der Waals surface area contributed by atoms with Crippen molar-refractivity contribution in [1.82, 2.24) is 9.55 Å². The zero-order chi connectivity index (χ0) is 39.7. The van der Waals surface area contributed by atoms with Crippen LogP contribution >= 0.6 is 0 Å². The molecule has 0 bridgehead atoms. The number of benzene rings is 5. The van der Waals surface area contributed by atoms with Crippen molar-refractivity contribution >= 4 is 29.6 Å². The number of amides is 1. The van der Waals surface area contributed by atoms with Crippen LogP contribution in [0.4, 0.5) is 5.82 Å². The highest BCUT2D eigenvalue weighted by atomic mass is 16.7. The third kappa shape index (κ3) is 8.86. The van der Waals surface area contributed by atoms with Crippen LogP contribution in [-0.2, 0) is 25.6 Å². The van der Waals surface area contributed by atoms with E-state index in [4.69, 9.17) is 18.9 Å². The van der Waals surface area contributed by atoms with Crippen LogP contribution in [0.5, 0.6) is 0 Å². The second kappa shape index (κ2) is 17.5. The van der Waals surface area contributed by atoms with Gasteiger partial charge in [-0.25, -0.2) is 19.2 Å². The first-order valence-corrected chi connectivity index (χ1v) is 17.9. The van der Waals surface area contributed by atoms with Gasteiger partial charge in [0.25, 0.3) is 5.91 Å². The lowest BCUT2D eigenvalue weighted by Crippen LogP contribution is -2.42. The van der Waals surface area contributed by atoms with Crippen molar-refractivity contribution in [3.63, 3.8) is 0 Å². The molecule has 0 radical (unpaired) electrons. The highest BCUT2D eigenvalue weighted by molar-refractivity contribution is 6.05. The number of hydrogen-bond donors (Lipinski definition) is 2. The fourth-order valence-corrected chi connectivity index (χ4v) is 6.20. The van der Waals surface area contributed by atoms with Gasteiger partial charge in [-0.2, -0.15) is 4.98 Å². The molecule has 4 atom stereocenters. The number of rotatable bonds is 12. The third-order valence-corrected chi connectivity index (χ3v) is 9.12. The minimum Gasteiger partial charge on any atom is -0.459 e. The van der Waals surface area contributed by atoms with Crippen molar-refractivity contribution in [2.75, 3.05) is 11.9 Å². The number of aliphatic hydroxyl groups is 1. The summed E-state index contributed by atoms with van der Waals surface area (Å²) in [5.74, 6) is -2.92. The summed E-state index contributed by atoms with van der Waals surface area (Å²) in [6.45, 7) is -0.696. The smallest absolute Gasteiger partial charge is 0.351 e. The van der Waals surface area contributed by atoms with Gasteiger partial charge >= 0.3 is 23.6 Å². The van der Waals surface area contributed by atoms with E-state index in [0.29, 0.717) is 16.7 Å². The van der Waals surface area contributed by atoms with Crippen LogP contribution in [0.25, 0.3) is 11.1 Å². The van der Waals surface area contributed by atoms with Gasteiger partial charge in [0, 0.05) is 17.3 Å². The summed E-state index contributed by atoms with van der Waals surface area (Å²) in [6.07, 6.45) is -4.30. The van der Waals surface area contributed by atoms with E-state index in [9.17, 15) is 29.1 Å². The number of aliphatic hydroxyl groups excluding tert-OH is 1. The number of nitrogens with zero attached hydrogens (tertiary/aromatic N) is 2. The van der Waals surface area contributed by atoms with Crippen LogP contribution < -0.4 is 11.0 Å². The van der Waals surface area contributed by atoms with E-state index >= 15 is 0 Å². The van der Waals surface area contributed by atoms with E-state index in [1.807, 2.05) is 0 Å². The Morgan fingerprint density at radius 2 is 1.14 bits per heavy atom. The van der Waals surface area contributed by atoms with Crippen LogP contribution in [0.1, 0.15) is 53.2 Å². The zero-order valence-electron chi connectivity index (χ0n) is 30.2. The van der Waals surface area contributed by atoms with Gasteiger partial charge in [0.15, 0.2) is 18.4 Å². The summed E-state index contributed by atoms with van der Waals surface area (Å²) in [7, 11) is 0. The van der Waals surface area contributed by atoms with Crippen molar-refractivity contribution in [3.05, 3.63) is 190 Å². The molecule has 1 aliphatic rings. The maximum atomic E-state index is 14.1. The topological polar surface area (TPSA) is 172 Å². The van der Waals surface area contributed by atoms with E-state index in [2.05, 4.69) is 10.3 Å². The van der Waals surface area contributed by atoms with Crippen LogP contribution in [0, 0.1) is 0 Å². The van der Waals surface area contributed by atoms with Crippen molar-refractivity contribution in [1.29, 1.82) is 0 Å².